The van der Waals surface area contributed by atoms with E-state index < -0.39 is 0 Å². The topological polar surface area (TPSA) is 111 Å². The van der Waals surface area contributed by atoms with Gasteiger partial charge in [0.1, 0.15) is 10.5 Å². The van der Waals surface area contributed by atoms with Gasteiger partial charge in [-0.05, 0) is 44.7 Å². The van der Waals surface area contributed by atoms with Crippen LogP contribution in [0.25, 0.3) is 33.2 Å². The Morgan fingerprint density at radius 1 is 1.15 bits per heavy atom. The number of hydrogen-bond donors (Lipinski definition) is 2. The summed E-state index contributed by atoms with van der Waals surface area (Å²) < 4.78 is 3.19. The SMILES string of the molecule is Cn1nc2ccc(-c3[nH]nc4nc(N5C6CCC5CC(C)(N)C6)n(C)c(=O)c34)c(Cl)c2c1Cl. The molecule has 2 aliphatic heterocycles. The minimum absolute atomic E-state index is 0.173. The quantitative estimate of drug-likeness (QED) is 0.449. The van der Waals surface area contributed by atoms with Gasteiger partial charge in [0.05, 0.1) is 21.6 Å². The number of nitrogens with one attached hydrogen (secondary N) is 1. The second kappa shape index (κ2) is 6.94. The molecule has 2 aliphatic rings. The standard InChI is InChI=1S/C22H24Cl2N8O/c1-22(25)8-10-4-5-11(9-22)32(10)21-26-19-15(20(33)30(21)2)17(27-28-19)12-6-7-13-14(16(12)23)18(24)31(3)29-13/h6-7,10-11H,4-5,8-9,25H2,1-3H3,(H,27,28). The summed E-state index contributed by atoms with van der Waals surface area (Å²) in [5, 5.41) is 13.6. The minimum atomic E-state index is -0.187. The van der Waals surface area contributed by atoms with Crippen LogP contribution in [-0.2, 0) is 14.1 Å². The van der Waals surface area contributed by atoms with E-state index in [4.69, 9.17) is 33.9 Å². The van der Waals surface area contributed by atoms with E-state index in [1.165, 1.54) is 0 Å². The van der Waals surface area contributed by atoms with Crippen LogP contribution in [-0.4, -0.2) is 47.2 Å². The van der Waals surface area contributed by atoms with Crippen LogP contribution in [0.4, 0.5) is 5.95 Å². The number of nitrogens with zero attached hydrogens (tertiary/aromatic N) is 6. The van der Waals surface area contributed by atoms with Crippen molar-refractivity contribution in [3.63, 3.8) is 0 Å². The van der Waals surface area contributed by atoms with E-state index in [9.17, 15) is 4.79 Å². The molecule has 0 spiro atoms. The van der Waals surface area contributed by atoms with Gasteiger partial charge in [-0.1, -0.05) is 23.2 Å². The van der Waals surface area contributed by atoms with E-state index in [0.717, 1.165) is 25.7 Å². The highest BCUT2D eigenvalue weighted by molar-refractivity contribution is 6.43. The number of rotatable bonds is 2. The fourth-order valence-corrected chi connectivity index (χ4v) is 6.35. The molecular formula is C22H24Cl2N8O. The summed E-state index contributed by atoms with van der Waals surface area (Å²) in [5.41, 5.74) is 8.31. The molecule has 3 N–H and O–H groups in total. The van der Waals surface area contributed by atoms with Gasteiger partial charge in [0, 0.05) is 37.3 Å². The van der Waals surface area contributed by atoms with Gasteiger partial charge in [0.15, 0.2) is 5.65 Å². The highest BCUT2D eigenvalue weighted by Gasteiger charge is 2.46. The average molecular weight is 487 g/mol. The number of H-pyrrole nitrogens is 1. The first kappa shape index (κ1) is 20.9. The highest BCUT2D eigenvalue weighted by atomic mass is 35.5. The number of hydrogen-bond acceptors (Lipinski definition) is 6. The normalized spacial score (nSPS) is 25.0. The van der Waals surface area contributed by atoms with Crippen molar-refractivity contribution >= 4 is 51.1 Å². The predicted molar refractivity (Wildman–Crippen MR) is 130 cm³/mol. The lowest BCUT2D eigenvalue weighted by atomic mass is 9.86. The Morgan fingerprint density at radius 3 is 2.55 bits per heavy atom. The fraction of sp³-hybridized carbons (Fsp3) is 0.455. The molecule has 2 fully saturated rings. The number of nitrogens with two attached hydrogens (primary N) is 1. The van der Waals surface area contributed by atoms with Crippen LogP contribution in [0.1, 0.15) is 32.6 Å². The molecule has 33 heavy (non-hydrogen) atoms. The Bertz CT molecular complexity index is 1480. The van der Waals surface area contributed by atoms with Gasteiger partial charge >= 0.3 is 0 Å². The molecule has 2 atom stereocenters. The van der Waals surface area contributed by atoms with Crippen molar-refractivity contribution in [3.8, 4) is 11.3 Å². The molecule has 9 nitrogen and oxygen atoms in total. The van der Waals surface area contributed by atoms with Crippen LogP contribution < -0.4 is 16.2 Å². The summed E-state index contributed by atoms with van der Waals surface area (Å²) >= 11 is 13.1. The van der Waals surface area contributed by atoms with Crippen molar-refractivity contribution in [1.82, 2.24) is 29.5 Å². The van der Waals surface area contributed by atoms with Crippen LogP contribution in [0.3, 0.4) is 0 Å². The van der Waals surface area contributed by atoms with E-state index in [-0.39, 0.29) is 23.2 Å². The summed E-state index contributed by atoms with van der Waals surface area (Å²) in [7, 11) is 3.52. The summed E-state index contributed by atoms with van der Waals surface area (Å²) in [6, 6.07) is 4.20. The lowest BCUT2D eigenvalue weighted by molar-refractivity contribution is 0.302. The van der Waals surface area contributed by atoms with Gasteiger partial charge < -0.3 is 10.6 Å². The van der Waals surface area contributed by atoms with Crippen molar-refractivity contribution in [3.05, 3.63) is 32.7 Å². The van der Waals surface area contributed by atoms with E-state index in [1.807, 2.05) is 12.1 Å². The molecule has 2 unspecified atom stereocenters. The van der Waals surface area contributed by atoms with Crippen LogP contribution in [0, 0.1) is 0 Å². The third kappa shape index (κ3) is 2.95. The molecule has 0 radical (unpaired) electrons. The Morgan fingerprint density at radius 2 is 1.85 bits per heavy atom. The number of fused-ring (bicyclic) bond motifs is 4. The monoisotopic (exact) mass is 486 g/mol. The molecule has 6 rings (SSSR count). The number of piperidine rings is 1. The number of anilines is 1. The Labute approximate surface area is 199 Å². The van der Waals surface area contributed by atoms with E-state index >= 15 is 0 Å². The van der Waals surface area contributed by atoms with Gasteiger partial charge in [-0.3, -0.25) is 19.1 Å². The Hall–Kier alpha value is -2.62. The molecule has 1 aromatic carbocycles. The summed E-state index contributed by atoms with van der Waals surface area (Å²) in [4.78, 5) is 20.7. The predicted octanol–water partition coefficient (Wildman–Crippen LogP) is 3.37. The third-order valence-corrected chi connectivity index (χ3v) is 7.99. The zero-order valence-corrected chi connectivity index (χ0v) is 20.1. The summed E-state index contributed by atoms with van der Waals surface area (Å²) in [5.74, 6) is 0.644. The molecule has 2 bridgehead atoms. The second-order valence-electron chi connectivity index (χ2n) is 9.66. The largest absolute Gasteiger partial charge is 0.336 e. The Kier molecular flexibility index (Phi) is 4.41. The maximum Gasteiger partial charge on any atom is 0.266 e. The first-order chi connectivity index (χ1) is 15.7. The van der Waals surface area contributed by atoms with Crippen molar-refractivity contribution in [2.24, 2.45) is 19.8 Å². The molecular weight excluding hydrogens is 463 g/mol. The molecule has 3 aromatic heterocycles. The van der Waals surface area contributed by atoms with E-state index in [1.54, 1.807) is 23.3 Å². The zero-order valence-electron chi connectivity index (χ0n) is 18.6. The lowest BCUT2D eigenvalue weighted by Crippen LogP contribution is -2.55. The first-order valence-corrected chi connectivity index (χ1v) is 11.8. The van der Waals surface area contributed by atoms with Crippen LogP contribution in [0.5, 0.6) is 0 Å². The van der Waals surface area contributed by atoms with E-state index in [2.05, 4.69) is 27.1 Å². The van der Waals surface area contributed by atoms with Gasteiger partial charge in [-0.25, -0.2) is 0 Å². The van der Waals surface area contributed by atoms with Crippen molar-refractivity contribution in [1.29, 1.82) is 0 Å². The molecule has 2 saturated heterocycles. The molecule has 4 aromatic rings. The molecule has 172 valence electrons. The highest BCUT2D eigenvalue weighted by Crippen LogP contribution is 2.42. The molecule has 0 amide bonds. The molecule has 0 saturated carbocycles. The van der Waals surface area contributed by atoms with E-state index in [0.29, 0.717) is 49.3 Å². The van der Waals surface area contributed by atoms with Crippen molar-refractivity contribution in [2.45, 2.75) is 50.2 Å². The summed E-state index contributed by atoms with van der Waals surface area (Å²) in [6.07, 6.45) is 3.87. The first-order valence-electron chi connectivity index (χ1n) is 11.0. The number of aryl methyl sites for hydroxylation is 1. The molecule has 5 heterocycles. The number of aromatic amines is 1. The summed E-state index contributed by atoms with van der Waals surface area (Å²) in [6.45, 7) is 2.11. The maximum atomic E-state index is 13.6. The number of aromatic nitrogens is 6. The smallest absolute Gasteiger partial charge is 0.266 e. The second-order valence-corrected chi connectivity index (χ2v) is 10.4. The Balaban J connectivity index is 1.51. The van der Waals surface area contributed by atoms with Gasteiger partial charge in [0.2, 0.25) is 5.95 Å². The maximum absolute atomic E-state index is 13.6. The minimum Gasteiger partial charge on any atom is -0.336 e. The number of halogens is 2. The van der Waals surface area contributed by atoms with Crippen LogP contribution in [0.2, 0.25) is 10.2 Å². The molecule has 0 aliphatic carbocycles. The third-order valence-electron chi connectivity index (χ3n) is 7.16. The zero-order chi connectivity index (χ0) is 23.2. The van der Waals surface area contributed by atoms with Crippen LogP contribution >= 0.6 is 23.2 Å². The van der Waals surface area contributed by atoms with Crippen LogP contribution in [0.15, 0.2) is 16.9 Å². The number of benzene rings is 1. The fourth-order valence-electron chi connectivity index (χ4n) is 5.72. The van der Waals surface area contributed by atoms with Gasteiger partial charge in [0.25, 0.3) is 5.56 Å². The van der Waals surface area contributed by atoms with Crippen molar-refractivity contribution in [2.75, 3.05) is 4.90 Å². The van der Waals surface area contributed by atoms with Gasteiger partial charge in [-0.15, -0.1) is 0 Å². The lowest BCUT2D eigenvalue weighted by Gasteiger charge is -2.43. The average Bonchev–Trinajstić information content (AvgIpc) is 3.38. The van der Waals surface area contributed by atoms with Gasteiger partial charge in [-0.2, -0.15) is 15.2 Å². The van der Waals surface area contributed by atoms with Crippen molar-refractivity contribution < 1.29 is 0 Å². The molecule has 11 heteroatoms.